The maximum atomic E-state index is 13.4. The van der Waals surface area contributed by atoms with Gasteiger partial charge in [-0.2, -0.15) is 5.10 Å². The lowest BCUT2D eigenvalue weighted by Crippen LogP contribution is -2.36. The number of hydrogen-bond donors (Lipinski definition) is 0. The first-order chi connectivity index (χ1) is 13.1. The van der Waals surface area contributed by atoms with Gasteiger partial charge in [0.2, 0.25) is 11.9 Å². The Morgan fingerprint density at radius 2 is 2.11 bits per heavy atom. The Morgan fingerprint density at radius 1 is 1.26 bits per heavy atom. The predicted octanol–water partition coefficient (Wildman–Crippen LogP) is 2.94. The number of anilines is 1. The van der Waals surface area contributed by atoms with Gasteiger partial charge >= 0.3 is 0 Å². The van der Waals surface area contributed by atoms with Crippen molar-refractivity contribution in [3.8, 4) is 0 Å². The molecule has 1 saturated heterocycles. The van der Waals surface area contributed by atoms with E-state index < -0.39 is 0 Å². The topological polar surface area (TPSA) is 65.2 Å². The summed E-state index contributed by atoms with van der Waals surface area (Å²) in [4.78, 5) is 19.9. The molecule has 2 atom stereocenters. The van der Waals surface area contributed by atoms with Gasteiger partial charge in [-0.05, 0) is 32.4 Å². The lowest BCUT2D eigenvalue weighted by atomic mass is 9.96. The Labute approximate surface area is 157 Å². The lowest BCUT2D eigenvalue weighted by molar-refractivity contribution is -0.124. The molecule has 3 aromatic rings. The minimum atomic E-state index is -0.233. The summed E-state index contributed by atoms with van der Waals surface area (Å²) in [6.07, 6.45) is 4.33. The zero-order chi connectivity index (χ0) is 18.5. The van der Waals surface area contributed by atoms with E-state index in [1.54, 1.807) is 0 Å². The molecular formula is C20H23N5O2. The zero-order valence-electron chi connectivity index (χ0n) is 15.6. The molecule has 0 bridgehead atoms. The summed E-state index contributed by atoms with van der Waals surface area (Å²) in [6.45, 7) is 6.22. The van der Waals surface area contributed by atoms with Gasteiger partial charge < -0.3 is 9.30 Å². The molecule has 1 amide bonds. The van der Waals surface area contributed by atoms with E-state index in [2.05, 4.69) is 29.6 Å². The minimum Gasteiger partial charge on any atom is -0.373 e. The second kappa shape index (κ2) is 6.20. The smallest absolute Gasteiger partial charge is 0.235 e. The van der Waals surface area contributed by atoms with Crippen LogP contribution in [0.4, 0.5) is 5.95 Å². The van der Waals surface area contributed by atoms with Gasteiger partial charge in [0.15, 0.2) is 0 Å². The number of carbonyl (C=O) groups is 1. The minimum absolute atomic E-state index is 0.101. The molecule has 140 valence electrons. The van der Waals surface area contributed by atoms with Crippen molar-refractivity contribution in [1.82, 2.24) is 19.3 Å². The first-order valence-corrected chi connectivity index (χ1v) is 9.56. The molecule has 2 aliphatic heterocycles. The van der Waals surface area contributed by atoms with E-state index in [4.69, 9.17) is 9.72 Å². The molecule has 0 unspecified atom stereocenters. The van der Waals surface area contributed by atoms with E-state index >= 15 is 0 Å². The molecule has 2 aliphatic rings. The first kappa shape index (κ1) is 16.5. The van der Waals surface area contributed by atoms with E-state index in [0.29, 0.717) is 13.2 Å². The Bertz CT molecular complexity index is 1000. The summed E-state index contributed by atoms with van der Waals surface area (Å²) in [6, 6.07) is 8.32. The molecule has 1 fully saturated rings. The van der Waals surface area contributed by atoms with Gasteiger partial charge in [0, 0.05) is 37.5 Å². The van der Waals surface area contributed by atoms with Crippen LogP contribution in [0.2, 0.25) is 0 Å². The molecule has 1 aromatic carbocycles. The van der Waals surface area contributed by atoms with Crippen LogP contribution in [0.15, 0.2) is 36.7 Å². The fraction of sp³-hybridized carbons (Fsp3) is 0.450. The average molecular weight is 365 g/mol. The highest BCUT2D eigenvalue weighted by Crippen LogP contribution is 2.38. The molecule has 0 saturated carbocycles. The number of para-hydroxylation sites is 2. The number of imidazole rings is 1. The van der Waals surface area contributed by atoms with Crippen LogP contribution in [0.5, 0.6) is 0 Å². The average Bonchev–Trinajstić information content (AvgIpc) is 3.42. The number of aromatic nitrogens is 4. The number of benzene rings is 1. The van der Waals surface area contributed by atoms with Gasteiger partial charge in [-0.3, -0.25) is 14.4 Å². The largest absolute Gasteiger partial charge is 0.373 e. The lowest BCUT2D eigenvalue weighted by Gasteiger charge is -2.22. The summed E-state index contributed by atoms with van der Waals surface area (Å²) < 4.78 is 9.99. The maximum Gasteiger partial charge on any atom is 0.235 e. The van der Waals surface area contributed by atoms with Crippen molar-refractivity contribution in [1.29, 1.82) is 0 Å². The van der Waals surface area contributed by atoms with Gasteiger partial charge in [-0.25, -0.2) is 4.98 Å². The molecule has 27 heavy (non-hydrogen) atoms. The van der Waals surface area contributed by atoms with Crippen molar-refractivity contribution in [2.24, 2.45) is 5.92 Å². The third-order valence-electron chi connectivity index (χ3n) is 5.58. The van der Waals surface area contributed by atoms with Crippen molar-refractivity contribution in [3.63, 3.8) is 0 Å². The molecular weight excluding hydrogens is 342 g/mol. The highest BCUT2D eigenvalue weighted by atomic mass is 16.5. The molecule has 0 N–H and O–H groups in total. The number of nitrogens with zero attached hydrogens (tertiary/aromatic N) is 5. The van der Waals surface area contributed by atoms with Gasteiger partial charge in [-0.15, -0.1) is 0 Å². The van der Waals surface area contributed by atoms with E-state index in [9.17, 15) is 4.79 Å². The van der Waals surface area contributed by atoms with Crippen molar-refractivity contribution in [3.05, 3.63) is 42.2 Å². The first-order valence-electron chi connectivity index (χ1n) is 9.56. The Balaban J connectivity index is 1.44. The van der Waals surface area contributed by atoms with Crippen LogP contribution in [-0.4, -0.2) is 38.4 Å². The normalized spacial score (nSPS) is 22.1. The molecule has 7 heteroatoms. The van der Waals surface area contributed by atoms with Gasteiger partial charge in [0.05, 0.1) is 29.3 Å². The summed E-state index contributed by atoms with van der Waals surface area (Å²) >= 11 is 0. The molecule has 0 aliphatic carbocycles. The van der Waals surface area contributed by atoms with E-state index in [0.717, 1.165) is 35.5 Å². The number of fused-ring (bicyclic) bond motifs is 3. The van der Waals surface area contributed by atoms with Crippen molar-refractivity contribution in [2.45, 2.75) is 39.0 Å². The molecule has 7 nitrogen and oxygen atoms in total. The van der Waals surface area contributed by atoms with Crippen LogP contribution >= 0.6 is 0 Å². The van der Waals surface area contributed by atoms with Crippen LogP contribution in [0.1, 0.15) is 38.0 Å². The van der Waals surface area contributed by atoms with Crippen LogP contribution in [0.3, 0.4) is 0 Å². The quantitative estimate of drug-likeness (QED) is 0.716. The van der Waals surface area contributed by atoms with Crippen LogP contribution in [0, 0.1) is 5.92 Å². The van der Waals surface area contributed by atoms with Gasteiger partial charge in [-0.1, -0.05) is 12.1 Å². The summed E-state index contributed by atoms with van der Waals surface area (Å²) in [5.41, 5.74) is 3.00. The van der Waals surface area contributed by atoms with Crippen molar-refractivity contribution in [2.75, 3.05) is 18.1 Å². The van der Waals surface area contributed by atoms with Crippen molar-refractivity contribution >= 4 is 22.9 Å². The highest BCUT2D eigenvalue weighted by molar-refractivity contribution is 5.96. The molecule has 0 spiro atoms. The standard InChI is InChI=1S/C20H23N5O2/c1-13(2)25-12-14(11-21-25)18-15(7-10-27-18)19(26)24-9-8-23-17-6-4-3-5-16(17)22-20(23)24/h3-6,11-13,15,18H,7-10H2,1-2H3/t15-,18+/m0/s1. The Morgan fingerprint density at radius 3 is 2.93 bits per heavy atom. The second-order valence-corrected chi connectivity index (χ2v) is 7.58. The monoisotopic (exact) mass is 365 g/mol. The number of amides is 1. The zero-order valence-corrected chi connectivity index (χ0v) is 15.6. The number of rotatable bonds is 3. The molecule has 0 radical (unpaired) electrons. The highest BCUT2D eigenvalue weighted by Gasteiger charge is 2.41. The molecule has 2 aromatic heterocycles. The van der Waals surface area contributed by atoms with E-state index in [-0.39, 0.29) is 24.0 Å². The van der Waals surface area contributed by atoms with Gasteiger partial charge in [0.1, 0.15) is 0 Å². The maximum absolute atomic E-state index is 13.4. The van der Waals surface area contributed by atoms with E-state index in [1.807, 2.05) is 40.2 Å². The van der Waals surface area contributed by atoms with Crippen molar-refractivity contribution < 1.29 is 9.53 Å². The summed E-state index contributed by atoms with van der Waals surface area (Å²) in [5.74, 6) is 0.662. The summed E-state index contributed by atoms with van der Waals surface area (Å²) in [5, 5.41) is 4.41. The van der Waals surface area contributed by atoms with Crippen LogP contribution < -0.4 is 4.90 Å². The SMILES string of the molecule is CC(C)n1cc([C@H]2OCC[C@@H]2C(=O)N2CCn3c2nc2ccccc23)cn1. The predicted molar refractivity (Wildman–Crippen MR) is 101 cm³/mol. The fourth-order valence-corrected chi connectivity index (χ4v) is 4.15. The fourth-order valence-electron chi connectivity index (χ4n) is 4.15. The summed E-state index contributed by atoms with van der Waals surface area (Å²) in [7, 11) is 0. The third-order valence-corrected chi connectivity index (χ3v) is 5.58. The molecule has 5 rings (SSSR count). The molecule has 4 heterocycles. The second-order valence-electron chi connectivity index (χ2n) is 7.58. The van der Waals surface area contributed by atoms with Crippen LogP contribution in [0.25, 0.3) is 11.0 Å². The van der Waals surface area contributed by atoms with Crippen LogP contribution in [-0.2, 0) is 16.1 Å². The number of carbonyl (C=O) groups excluding carboxylic acids is 1. The van der Waals surface area contributed by atoms with Gasteiger partial charge in [0.25, 0.3) is 0 Å². The van der Waals surface area contributed by atoms with E-state index in [1.165, 1.54) is 0 Å². The Kier molecular flexibility index (Phi) is 3.79. The number of ether oxygens (including phenoxy) is 1. The number of hydrogen-bond acceptors (Lipinski definition) is 4. The Hall–Kier alpha value is -2.67. The third kappa shape index (κ3) is 2.56.